The number of fused-ring (bicyclic) bond motifs is 2. The van der Waals surface area contributed by atoms with E-state index >= 15 is 0 Å². The molecule has 4 rings (SSSR count). The summed E-state index contributed by atoms with van der Waals surface area (Å²) in [6.07, 6.45) is 3.76. The van der Waals surface area contributed by atoms with Crippen molar-refractivity contribution in [3.63, 3.8) is 0 Å². The van der Waals surface area contributed by atoms with E-state index in [1.165, 1.54) is 10.8 Å². The SMILES string of the molecule is CC[C@@]12CN(c3ncccn3)[C@@H]([C@H](n3cc(C)c(=O)[nH]c3=O)O1)[C@@H]2O. The first kappa shape index (κ1) is 16.0. The molecule has 0 saturated carbocycles. The number of ether oxygens (including phenoxy) is 1. The highest BCUT2D eigenvalue weighted by Crippen LogP contribution is 2.48. The highest BCUT2D eigenvalue weighted by atomic mass is 16.6. The Morgan fingerprint density at radius 2 is 2.12 bits per heavy atom. The van der Waals surface area contributed by atoms with Crippen molar-refractivity contribution in [1.29, 1.82) is 0 Å². The molecule has 4 heterocycles. The molecular weight excluding hydrogens is 326 g/mol. The van der Waals surface area contributed by atoms with Crippen molar-refractivity contribution < 1.29 is 9.84 Å². The Morgan fingerprint density at radius 1 is 1.40 bits per heavy atom. The minimum absolute atomic E-state index is 0.397. The van der Waals surface area contributed by atoms with Gasteiger partial charge in [0, 0.05) is 24.2 Å². The lowest BCUT2D eigenvalue weighted by Crippen LogP contribution is -2.49. The molecule has 2 N–H and O–H groups in total. The Bertz CT molecular complexity index is 911. The fraction of sp³-hybridized carbons (Fsp3) is 0.500. The van der Waals surface area contributed by atoms with Gasteiger partial charge >= 0.3 is 5.69 Å². The van der Waals surface area contributed by atoms with E-state index in [9.17, 15) is 14.7 Å². The second kappa shape index (κ2) is 5.50. The fourth-order valence-corrected chi connectivity index (χ4v) is 3.74. The average molecular weight is 345 g/mol. The number of aliphatic hydroxyl groups excluding tert-OH is 1. The number of aromatic nitrogens is 4. The van der Waals surface area contributed by atoms with Gasteiger partial charge in [0.15, 0.2) is 6.23 Å². The van der Waals surface area contributed by atoms with Gasteiger partial charge in [-0.3, -0.25) is 14.3 Å². The maximum atomic E-state index is 12.3. The molecule has 2 aliphatic heterocycles. The van der Waals surface area contributed by atoms with E-state index in [4.69, 9.17) is 4.74 Å². The van der Waals surface area contributed by atoms with E-state index in [2.05, 4.69) is 15.0 Å². The van der Waals surface area contributed by atoms with Gasteiger partial charge in [-0.25, -0.2) is 14.8 Å². The summed E-state index contributed by atoms with van der Waals surface area (Å²) in [6, 6.07) is 1.19. The minimum Gasteiger partial charge on any atom is -0.388 e. The van der Waals surface area contributed by atoms with Crippen molar-refractivity contribution in [2.24, 2.45) is 0 Å². The van der Waals surface area contributed by atoms with Gasteiger partial charge < -0.3 is 14.7 Å². The third-order valence-electron chi connectivity index (χ3n) is 5.14. The number of nitrogens with one attached hydrogen (secondary N) is 1. The first-order valence-electron chi connectivity index (χ1n) is 8.18. The highest BCUT2D eigenvalue weighted by molar-refractivity contribution is 5.40. The molecule has 0 aromatic carbocycles. The smallest absolute Gasteiger partial charge is 0.330 e. The van der Waals surface area contributed by atoms with Gasteiger partial charge in [0.1, 0.15) is 17.7 Å². The molecule has 0 aliphatic carbocycles. The van der Waals surface area contributed by atoms with Gasteiger partial charge in [-0.1, -0.05) is 6.92 Å². The van der Waals surface area contributed by atoms with Crippen molar-refractivity contribution in [3.8, 4) is 0 Å². The van der Waals surface area contributed by atoms with Crippen LogP contribution in [0.25, 0.3) is 0 Å². The molecule has 0 amide bonds. The molecule has 0 spiro atoms. The number of anilines is 1. The summed E-state index contributed by atoms with van der Waals surface area (Å²) in [6.45, 7) is 3.98. The van der Waals surface area contributed by atoms with Crippen molar-refractivity contribution in [2.75, 3.05) is 11.4 Å². The third kappa shape index (κ3) is 2.23. The summed E-state index contributed by atoms with van der Waals surface area (Å²) < 4.78 is 7.45. The number of aryl methyl sites for hydroxylation is 1. The van der Waals surface area contributed by atoms with Crippen LogP contribution in [-0.4, -0.2) is 48.9 Å². The van der Waals surface area contributed by atoms with Gasteiger partial charge in [-0.05, 0) is 19.4 Å². The summed E-state index contributed by atoms with van der Waals surface area (Å²) in [4.78, 5) is 36.6. The first-order valence-corrected chi connectivity index (χ1v) is 8.18. The van der Waals surface area contributed by atoms with Crippen molar-refractivity contribution in [1.82, 2.24) is 19.5 Å². The zero-order chi connectivity index (χ0) is 17.8. The van der Waals surface area contributed by atoms with Gasteiger partial charge in [-0.2, -0.15) is 0 Å². The van der Waals surface area contributed by atoms with Crippen LogP contribution in [0.15, 0.2) is 34.2 Å². The first-order chi connectivity index (χ1) is 12.0. The molecule has 9 nitrogen and oxygen atoms in total. The summed E-state index contributed by atoms with van der Waals surface area (Å²) in [5, 5.41) is 10.8. The van der Waals surface area contributed by atoms with E-state index in [1.807, 2.05) is 11.8 Å². The van der Waals surface area contributed by atoms with Crippen LogP contribution in [0.5, 0.6) is 0 Å². The van der Waals surface area contributed by atoms with Crippen LogP contribution in [0.2, 0.25) is 0 Å². The zero-order valence-corrected chi connectivity index (χ0v) is 13.9. The highest BCUT2D eigenvalue weighted by Gasteiger charge is 2.63. The molecule has 2 aliphatic rings. The monoisotopic (exact) mass is 345 g/mol. The molecule has 9 heteroatoms. The number of aliphatic hydroxyl groups is 1. The molecule has 0 radical (unpaired) electrons. The van der Waals surface area contributed by atoms with Crippen molar-refractivity contribution >= 4 is 5.95 Å². The zero-order valence-electron chi connectivity index (χ0n) is 13.9. The molecule has 2 aromatic rings. The van der Waals surface area contributed by atoms with Crippen LogP contribution in [-0.2, 0) is 4.74 Å². The van der Waals surface area contributed by atoms with E-state index < -0.39 is 35.2 Å². The molecule has 2 bridgehead atoms. The van der Waals surface area contributed by atoms with E-state index in [0.717, 1.165) is 0 Å². The second-order valence-corrected chi connectivity index (χ2v) is 6.52. The quantitative estimate of drug-likeness (QED) is 0.775. The molecule has 2 saturated heterocycles. The van der Waals surface area contributed by atoms with Crippen molar-refractivity contribution in [2.45, 2.75) is 44.2 Å². The number of rotatable bonds is 3. The van der Waals surface area contributed by atoms with Crippen LogP contribution < -0.4 is 16.1 Å². The third-order valence-corrected chi connectivity index (χ3v) is 5.14. The van der Waals surface area contributed by atoms with E-state index in [0.29, 0.717) is 24.5 Å². The number of aromatic amines is 1. The van der Waals surface area contributed by atoms with Crippen LogP contribution in [0.1, 0.15) is 25.1 Å². The topological polar surface area (TPSA) is 113 Å². The molecule has 132 valence electrons. The number of nitrogens with zero attached hydrogens (tertiary/aromatic N) is 4. The summed E-state index contributed by atoms with van der Waals surface area (Å²) in [7, 11) is 0. The normalized spacial score (nSPS) is 30.8. The lowest BCUT2D eigenvalue weighted by Gasteiger charge is -2.37. The molecule has 25 heavy (non-hydrogen) atoms. The minimum atomic E-state index is -0.808. The Kier molecular flexibility index (Phi) is 3.51. The summed E-state index contributed by atoms with van der Waals surface area (Å²) in [5.41, 5.74) is -1.41. The molecule has 4 atom stereocenters. The molecule has 0 unspecified atom stereocenters. The number of hydrogen-bond donors (Lipinski definition) is 2. The maximum absolute atomic E-state index is 12.3. The molecule has 2 aromatic heterocycles. The predicted molar refractivity (Wildman–Crippen MR) is 88.4 cm³/mol. The predicted octanol–water partition coefficient (Wildman–Crippen LogP) is -0.438. The van der Waals surface area contributed by atoms with Gasteiger partial charge in [0.05, 0.1) is 6.54 Å². The van der Waals surface area contributed by atoms with Crippen LogP contribution in [0, 0.1) is 6.92 Å². The number of hydrogen-bond acceptors (Lipinski definition) is 7. The lowest BCUT2D eigenvalue weighted by atomic mass is 9.96. The van der Waals surface area contributed by atoms with Gasteiger partial charge in [0.25, 0.3) is 5.56 Å². The van der Waals surface area contributed by atoms with E-state index in [-0.39, 0.29) is 0 Å². The maximum Gasteiger partial charge on any atom is 0.330 e. The second-order valence-electron chi connectivity index (χ2n) is 6.52. The number of morpholine rings is 1. The van der Waals surface area contributed by atoms with Crippen LogP contribution in [0.4, 0.5) is 5.95 Å². The molecule has 2 fully saturated rings. The lowest BCUT2D eigenvalue weighted by molar-refractivity contribution is -0.107. The standard InChI is InChI=1S/C16H19N5O4/c1-3-16-8-21(14-17-5-4-6-18-14)10(11(16)22)13(25-16)20-7-9(2)12(23)19-15(20)24/h4-7,10-11,13,22H,3,8H2,1-2H3,(H,19,23,24)/t10-,11+,13-,16+/m1/s1. The Labute approximate surface area is 142 Å². The largest absolute Gasteiger partial charge is 0.388 e. The van der Waals surface area contributed by atoms with Crippen LogP contribution >= 0.6 is 0 Å². The van der Waals surface area contributed by atoms with E-state index in [1.54, 1.807) is 25.4 Å². The Balaban J connectivity index is 1.82. The average Bonchev–Trinajstić information content (AvgIpc) is 3.07. The Hall–Kier alpha value is -2.52. The number of H-pyrrole nitrogens is 1. The van der Waals surface area contributed by atoms with Gasteiger partial charge in [0.2, 0.25) is 5.95 Å². The summed E-state index contributed by atoms with van der Waals surface area (Å²) >= 11 is 0. The fourth-order valence-electron chi connectivity index (χ4n) is 3.74. The van der Waals surface area contributed by atoms with Crippen LogP contribution in [0.3, 0.4) is 0 Å². The van der Waals surface area contributed by atoms with Gasteiger partial charge in [-0.15, -0.1) is 0 Å². The van der Waals surface area contributed by atoms with Crippen molar-refractivity contribution in [3.05, 3.63) is 51.1 Å². The molecular formula is C16H19N5O4. The summed E-state index contributed by atoms with van der Waals surface area (Å²) in [5.74, 6) is 0.476. The Morgan fingerprint density at radius 3 is 2.76 bits per heavy atom.